The molecule has 4 aromatic rings. The molecule has 0 saturated carbocycles. The predicted octanol–water partition coefficient (Wildman–Crippen LogP) is 5.67. The lowest BCUT2D eigenvalue weighted by Crippen LogP contribution is -2.18. The molecule has 1 N–H and O–H groups in total. The van der Waals surface area contributed by atoms with Gasteiger partial charge in [0.25, 0.3) is 0 Å². The molecule has 1 atom stereocenters. The monoisotopic (exact) mass is 402 g/mol. The molecule has 1 heterocycles. The Bertz CT molecular complexity index is 1170. The van der Waals surface area contributed by atoms with Crippen molar-refractivity contribution in [3.63, 3.8) is 0 Å². The Labute approximate surface area is 176 Å². The highest BCUT2D eigenvalue weighted by molar-refractivity contribution is 5.82. The average Bonchev–Trinajstić information content (AvgIpc) is 3.16. The lowest BCUT2D eigenvalue weighted by Gasteiger charge is -2.16. The predicted molar refractivity (Wildman–Crippen MR) is 119 cm³/mol. The van der Waals surface area contributed by atoms with Crippen molar-refractivity contribution in [2.45, 2.75) is 26.4 Å². The fraction of sp³-hybridized carbons (Fsp3) is 0.240. The number of hydrogen-bond acceptors (Lipinski definition) is 5. The van der Waals surface area contributed by atoms with E-state index in [1.807, 2.05) is 43.3 Å². The second kappa shape index (κ2) is 8.59. The minimum absolute atomic E-state index is 0.195. The van der Waals surface area contributed by atoms with Gasteiger partial charge in [-0.3, -0.25) is 0 Å². The minimum atomic E-state index is 0.195. The fourth-order valence-electron chi connectivity index (χ4n) is 3.60. The molecule has 0 spiro atoms. The number of nitrogens with one attached hydrogen (secondary N) is 1. The number of nitrogens with zero attached hydrogens (tertiary/aromatic N) is 1. The summed E-state index contributed by atoms with van der Waals surface area (Å²) in [6, 6.07) is 20.6. The molecule has 1 aromatic heterocycles. The Morgan fingerprint density at radius 1 is 1.00 bits per heavy atom. The number of benzene rings is 3. The van der Waals surface area contributed by atoms with Crippen LogP contribution >= 0.6 is 0 Å². The zero-order chi connectivity index (χ0) is 21.1. The van der Waals surface area contributed by atoms with Crippen molar-refractivity contribution in [1.29, 1.82) is 0 Å². The van der Waals surface area contributed by atoms with Gasteiger partial charge in [0.15, 0.2) is 11.5 Å². The van der Waals surface area contributed by atoms with Gasteiger partial charge in [-0.2, -0.15) is 0 Å². The van der Waals surface area contributed by atoms with E-state index in [9.17, 15) is 0 Å². The van der Waals surface area contributed by atoms with Crippen LogP contribution in [-0.4, -0.2) is 19.2 Å². The molecule has 0 unspecified atom stereocenters. The van der Waals surface area contributed by atoms with E-state index in [1.165, 1.54) is 11.1 Å². The molecular weight excluding hydrogens is 376 g/mol. The van der Waals surface area contributed by atoms with Gasteiger partial charge in [-0.25, -0.2) is 4.98 Å². The molecule has 4 rings (SSSR count). The summed E-state index contributed by atoms with van der Waals surface area (Å²) in [5.41, 5.74) is 6.10. The first-order valence-electron chi connectivity index (χ1n) is 9.99. The molecule has 0 amide bonds. The van der Waals surface area contributed by atoms with Gasteiger partial charge in [-0.05, 0) is 60.0 Å². The van der Waals surface area contributed by atoms with Crippen LogP contribution in [0.2, 0.25) is 0 Å². The number of oxazole rings is 1. The Balaban J connectivity index is 1.57. The van der Waals surface area contributed by atoms with Gasteiger partial charge >= 0.3 is 0 Å². The van der Waals surface area contributed by atoms with Crippen LogP contribution in [0.4, 0.5) is 0 Å². The fourth-order valence-corrected chi connectivity index (χ4v) is 3.60. The zero-order valence-corrected chi connectivity index (χ0v) is 17.7. The molecule has 0 saturated heterocycles. The van der Waals surface area contributed by atoms with Crippen LogP contribution in [0.1, 0.15) is 30.0 Å². The van der Waals surface area contributed by atoms with Crippen LogP contribution in [-0.2, 0) is 6.54 Å². The van der Waals surface area contributed by atoms with Crippen LogP contribution in [0.5, 0.6) is 11.5 Å². The molecule has 30 heavy (non-hydrogen) atoms. The third-order valence-corrected chi connectivity index (χ3v) is 5.28. The molecule has 0 fully saturated rings. The Morgan fingerprint density at radius 3 is 2.67 bits per heavy atom. The zero-order valence-electron chi connectivity index (χ0n) is 17.7. The first-order chi connectivity index (χ1) is 14.6. The third kappa shape index (κ3) is 4.16. The number of ether oxygens (including phenoxy) is 2. The summed E-state index contributed by atoms with van der Waals surface area (Å²) >= 11 is 0. The number of aromatic nitrogens is 1. The van der Waals surface area contributed by atoms with Crippen molar-refractivity contribution in [2.75, 3.05) is 14.2 Å². The van der Waals surface area contributed by atoms with E-state index in [0.29, 0.717) is 5.89 Å². The maximum absolute atomic E-state index is 5.61. The normalized spacial score (nSPS) is 12.1. The van der Waals surface area contributed by atoms with Crippen LogP contribution in [0, 0.1) is 6.92 Å². The summed E-state index contributed by atoms with van der Waals surface area (Å²) in [7, 11) is 3.38. The van der Waals surface area contributed by atoms with Crippen LogP contribution in [0.25, 0.3) is 22.2 Å². The Kier molecular flexibility index (Phi) is 5.72. The Morgan fingerprint density at radius 2 is 1.87 bits per heavy atom. The molecule has 5 heteroatoms. The SMILES string of the molecule is COc1cccc([C@@H](C)NCc2ccc(OC)c(-c3ccc4oc(C)nc4c3)c2)c1. The number of rotatable bonds is 7. The molecule has 0 bridgehead atoms. The number of methoxy groups -OCH3 is 2. The van der Waals surface area contributed by atoms with Gasteiger partial charge in [-0.15, -0.1) is 0 Å². The second-order valence-corrected chi connectivity index (χ2v) is 7.33. The molecule has 154 valence electrons. The van der Waals surface area contributed by atoms with Gasteiger partial charge in [0, 0.05) is 25.1 Å². The smallest absolute Gasteiger partial charge is 0.192 e. The molecule has 0 aliphatic rings. The van der Waals surface area contributed by atoms with Gasteiger partial charge < -0.3 is 19.2 Å². The van der Waals surface area contributed by atoms with Crippen LogP contribution in [0.3, 0.4) is 0 Å². The topological polar surface area (TPSA) is 56.5 Å². The van der Waals surface area contributed by atoms with Crippen molar-refractivity contribution < 1.29 is 13.9 Å². The molecule has 3 aromatic carbocycles. The standard InChI is InChI=1S/C25H26N2O3/c1-16(19-6-5-7-21(13-19)28-3)26-15-18-8-10-24(29-4)22(12-18)20-9-11-25-23(14-20)27-17(2)30-25/h5-14,16,26H,15H2,1-4H3/t16-/m1/s1. The van der Waals surface area contributed by atoms with E-state index >= 15 is 0 Å². The summed E-state index contributed by atoms with van der Waals surface area (Å²) in [5, 5.41) is 3.59. The summed E-state index contributed by atoms with van der Waals surface area (Å²) in [6.45, 7) is 4.75. The number of aryl methyl sites for hydroxylation is 1. The van der Waals surface area contributed by atoms with E-state index in [-0.39, 0.29) is 6.04 Å². The molecule has 0 aliphatic carbocycles. The molecule has 0 aliphatic heterocycles. The highest BCUT2D eigenvalue weighted by Gasteiger charge is 2.12. The Hall–Kier alpha value is -3.31. The van der Waals surface area contributed by atoms with Crippen molar-refractivity contribution in [3.05, 3.63) is 77.7 Å². The molecular formula is C25H26N2O3. The first kappa shape index (κ1) is 20.0. The highest BCUT2D eigenvalue weighted by Crippen LogP contribution is 2.33. The summed E-state index contributed by atoms with van der Waals surface area (Å²) in [5.74, 6) is 2.36. The first-order valence-corrected chi connectivity index (χ1v) is 9.99. The van der Waals surface area contributed by atoms with Crippen molar-refractivity contribution in [3.8, 4) is 22.6 Å². The molecule has 5 nitrogen and oxygen atoms in total. The van der Waals surface area contributed by atoms with E-state index in [4.69, 9.17) is 13.9 Å². The number of fused-ring (bicyclic) bond motifs is 1. The maximum atomic E-state index is 5.61. The van der Waals surface area contributed by atoms with E-state index in [2.05, 4.69) is 41.5 Å². The number of hydrogen-bond donors (Lipinski definition) is 1. The highest BCUT2D eigenvalue weighted by atomic mass is 16.5. The third-order valence-electron chi connectivity index (χ3n) is 5.28. The van der Waals surface area contributed by atoms with Gasteiger partial charge in [-0.1, -0.05) is 24.3 Å². The van der Waals surface area contributed by atoms with Gasteiger partial charge in [0.05, 0.1) is 14.2 Å². The van der Waals surface area contributed by atoms with Crippen molar-refractivity contribution >= 4 is 11.1 Å². The van der Waals surface area contributed by atoms with Crippen molar-refractivity contribution in [2.24, 2.45) is 0 Å². The van der Waals surface area contributed by atoms with Crippen LogP contribution < -0.4 is 14.8 Å². The van der Waals surface area contributed by atoms with E-state index in [0.717, 1.165) is 40.3 Å². The summed E-state index contributed by atoms with van der Waals surface area (Å²) in [4.78, 5) is 4.45. The quantitative estimate of drug-likeness (QED) is 0.431. The minimum Gasteiger partial charge on any atom is -0.497 e. The second-order valence-electron chi connectivity index (χ2n) is 7.33. The lowest BCUT2D eigenvalue weighted by atomic mass is 10.0. The lowest BCUT2D eigenvalue weighted by molar-refractivity contribution is 0.413. The van der Waals surface area contributed by atoms with Gasteiger partial charge in [0.2, 0.25) is 0 Å². The largest absolute Gasteiger partial charge is 0.497 e. The van der Waals surface area contributed by atoms with Crippen LogP contribution in [0.15, 0.2) is 65.1 Å². The molecule has 0 radical (unpaired) electrons. The summed E-state index contributed by atoms with van der Waals surface area (Å²) in [6.07, 6.45) is 0. The average molecular weight is 402 g/mol. The maximum Gasteiger partial charge on any atom is 0.192 e. The van der Waals surface area contributed by atoms with Gasteiger partial charge in [0.1, 0.15) is 17.0 Å². The van der Waals surface area contributed by atoms with E-state index < -0.39 is 0 Å². The summed E-state index contributed by atoms with van der Waals surface area (Å²) < 4.78 is 16.6. The van der Waals surface area contributed by atoms with E-state index in [1.54, 1.807) is 14.2 Å². The van der Waals surface area contributed by atoms with Crippen molar-refractivity contribution in [1.82, 2.24) is 10.3 Å².